The van der Waals surface area contributed by atoms with Gasteiger partial charge in [-0.15, -0.1) is 0 Å². The van der Waals surface area contributed by atoms with Crippen LogP contribution in [-0.2, 0) is 20.7 Å². The van der Waals surface area contributed by atoms with Crippen LogP contribution in [0.25, 0.3) is 0 Å². The highest BCUT2D eigenvalue weighted by Crippen LogP contribution is 2.37. The molecule has 2 rings (SSSR count). The van der Waals surface area contributed by atoms with E-state index < -0.39 is 0 Å². The second kappa shape index (κ2) is 5.53. The summed E-state index contributed by atoms with van der Waals surface area (Å²) in [5.74, 6) is -0.127. The van der Waals surface area contributed by atoms with Gasteiger partial charge in [0.25, 0.3) is 0 Å². The van der Waals surface area contributed by atoms with Crippen LogP contribution in [0.3, 0.4) is 0 Å². The van der Waals surface area contributed by atoms with Crippen LogP contribution in [0.5, 0.6) is 0 Å². The highest BCUT2D eigenvalue weighted by molar-refractivity contribution is 5.69. The Kier molecular flexibility index (Phi) is 4.02. The van der Waals surface area contributed by atoms with Crippen molar-refractivity contribution < 1.29 is 14.3 Å². The van der Waals surface area contributed by atoms with Crippen LogP contribution in [-0.4, -0.2) is 24.3 Å². The molecule has 0 spiro atoms. The highest BCUT2D eigenvalue weighted by Gasteiger charge is 2.47. The standard InChI is InChI=1S/C15H20O3/c1-15(2)13(18-15)10-11-17-14(16)9-8-12-6-4-3-5-7-12/h3-7,13H,8-11H2,1-2H3/i16+2. The van der Waals surface area contributed by atoms with Gasteiger partial charge in [-0.2, -0.15) is 0 Å². The lowest BCUT2D eigenvalue weighted by Crippen LogP contribution is -2.11. The molecule has 18 heavy (non-hydrogen) atoms. The predicted octanol–water partition coefficient (Wildman–Crippen LogP) is 2.73. The molecule has 0 bridgehead atoms. The second-order valence-corrected chi connectivity index (χ2v) is 5.20. The Balaban J connectivity index is 1.58. The monoisotopic (exact) mass is 250 g/mol. The molecule has 1 aliphatic rings. The van der Waals surface area contributed by atoms with Crippen molar-refractivity contribution in [1.82, 2.24) is 0 Å². The van der Waals surface area contributed by atoms with Crippen molar-refractivity contribution in [2.75, 3.05) is 6.61 Å². The van der Waals surface area contributed by atoms with Gasteiger partial charge in [0.1, 0.15) is 0 Å². The number of carbonyl (C=O) groups is 1. The van der Waals surface area contributed by atoms with Gasteiger partial charge in [-0.05, 0) is 25.8 Å². The lowest BCUT2D eigenvalue weighted by atomic mass is 10.1. The predicted molar refractivity (Wildman–Crippen MR) is 69.3 cm³/mol. The summed E-state index contributed by atoms with van der Waals surface area (Å²) >= 11 is 0. The Morgan fingerprint density at radius 3 is 2.61 bits per heavy atom. The van der Waals surface area contributed by atoms with Crippen LogP contribution >= 0.6 is 0 Å². The first-order chi connectivity index (χ1) is 8.58. The van der Waals surface area contributed by atoms with E-state index in [1.165, 1.54) is 5.56 Å². The third-order valence-electron chi connectivity index (χ3n) is 3.27. The number of epoxide rings is 1. The van der Waals surface area contributed by atoms with Gasteiger partial charge in [0.05, 0.1) is 18.3 Å². The minimum absolute atomic E-state index is 0.0174. The SMILES string of the molecule is CC1(C)OC1CCOC(=[18O])CCc1ccccc1. The maximum atomic E-state index is 11.5. The molecular formula is C15H20O3. The van der Waals surface area contributed by atoms with Gasteiger partial charge < -0.3 is 9.47 Å². The molecule has 0 amide bonds. The van der Waals surface area contributed by atoms with E-state index in [1.807, 2.05) is 30.3 Å². The molecule has 1 fully saturated rings. The van der Waals surface area contributed by atoms with Crippen molar-refractivity contribution in [2.24, 2.45) is 0 Å². The Morgan fingerprint density at radius 2 is 2.00 bits per heavy atom. The van der Waals surface area contributed by atoms with E-state index in [0.717, 1.165) is 12.8 Å². The molecule has 0 saturated carbocycles. The third-order valence-corrected chi connectivity index (χ3v) is 3.27. The van der Waals surface area contributed by atoms with Crippen molar-refractivity contribution in [3.8, 4) is 0 Å². The van der Waals surface area contributed by atoms with Crippen molar-refractivity contribution >= 4 is 5.97 Å². The number of rotatable bonds is 6. The van der Waals surface area contributed by atoms with Gasteiger partial charge in [-0.1, -0.05) is 30.3 Å². The molecule has 1 aliphatic heterocycles. The summed E-state index contributed by atoms with van der Waals surface area (Å²) < 4.78 is 10.6. The zero-order valence-electron chi connectivity index (χ0n) is 11.0. The average molecular weight is 250 g/mol. The van der Waals surface area contributed by atoms with Crippen molar-refractivity contribution in [3.05, 3.63) is 35.9 Å². The first-order valence-electron chi connectivity index (χ1n) is 6.45. The second-order valence-electron chi connectivity index (χ2n) is 5.20. The van der Waals surface area contributed by atoms with Crippen LogP contribution in [0, 0.1) is 0 Å². The Bertz CT molecular complexity index is 397. The molecule has 0 N–H and O–H groups in total. The molecule has 3 nitrogen and oxygen atoms in total. The van der Waals surface area contributed by atoms with Crippen LogP contribution in [0.15, 0.2) is 30.3 Å². The van der Waals surface area contributed by atoms with Crippen molar-refractivity contribution in [2.45, 2.75) is 44.8 Å². The molecule has 1 unspecified atom stereocenters. The van der Waals surface area contributed by atoms with E-state index in [4.69, 9.17) is 9.47 Å². The number of aryl methyl sites for hydroxylation is 1. The van der Waals surface area contributed by atoms with E-state index in [-0.39, 0.29) is 17.7 Å². The van der Waals surface area contributed by atoms with E-state index in [0.29, 0.717) is 13.0 Å². The molecule has 0 aliphatic carbocycles. The smallest absolute Gasteiger partial charge is 0.306 e. The summed E-state index contributed by atoms with van der Waals surface area (Å²) in [5, 5.41) is 0. The molecule has 0 radical (unpaired) electrons. The summed E-state index contributed by atoms with van der Waals surface area (Å²) in [7, 11) is 0. The zero-order valence-corrected chi connectivity index (χ0v) is 11.0. The highest BCUT2D eigenvalue weighted by atomic mass is 18.1. The zero-order chi connectivity index (χ0) is 13.0. The largest absolute Gasteiger partial charge is 0.466 e. The van der Waals surface area contributed by atoms with Crippen molar-refractivity contribution in [3.63, 3.8) is 0 Å². The van der Waals surface area contributed by atoms with E-state index >= 15 is 0 Å². The maximum absolute atomic E-state index is 11.5. The molecule has 98 valence electrons. The molecule has 0 aromatic heterocycles. The fourth-order valence-electron chi connectivity index (χ4n) is 1.98. The lowest BCUT2D eigenvalue weighted by molar-refractivity contribution is -0.143. The fraction of sp³-hybridized carbons (Fsp3) is 0.533. The van der Waals surface area contributed by atoms with Gasteiger partial charge in [-0.3, -0.25) is 4.79 Å². The normalized spacial score (nSPS) is 20.4. The van der Waals surface area contributed by atoms with Crippen LogP contribution < -0.4 is 0 Å². The maximum Gasteiger partial charge on any atom is 0.306 e. The Hall–Kier alpha value is -1.35. The number of ether oxygens (including phenoxy) is 2. The Labute approximate surface area is 108 Å². The molecule has 1 aromatic rings. The molecule has 3 heteroatoms. The summed E-state index contributed by atoms with van der Waals surface area (Å²) in [6.07, 6.45) is 2.23. The van der Waals surface area contributed by atoms with Gasteiger partial charge >= 0.3 is 5.97 Å². The van der Waals surface area contributed by atoms with E-state index in [1.54, 1.807) is 0 Å². The molecule has 1 aromatic carbocycles. The molecule has 1 saturated heterocycles. The average Bonchev–Trinajstić information content (AvgIpc) is 2.96. The quantitative estimate of drug-likeness (QED) is 0.442. The molecule has 1 heterocycles. The van der Waals surface area contributed by atoms with Crippen molar-refractivity contribution in [1.29, 1.82) is 0 Å². The van der Waals surface area contributed by atoms with E-state index in [9.17, 15) is 4.79 Å². The van der Waals surface area contributed by atoms with Gasteiger partial charge in [-0.25, -0.2) is 0 Å². The topological polar surface area (TPSA) is 38.8 Å². The number of hydrogen-bond acceptors (Lipinski definition) is 3. The first kappa shape index (κ1) is 13.1. The minimum Gasteiger partial charge on any atom is -0.466 e. The van der Waals surface area contributed by atoms with Crippen LogP contribution in [0.2, 0.25) is 0 Å². The number of carbonyl (C=O) groups excluding carboxylic acids is 1. The molecule has 1 atom stereocenters. The van der Waals surface area contributed by atoms with Crippen LogP contribution in [0.1, 0.15) is 32.3 Å². The minimum atomic E-state index is -0.127. The third kappa shape index (κ3) is 3.84. The number of esters is 1. The fourth-order valence-corrected chi connectivity index (χ4v) is 1.98. The Morgan fingerprint density at radius 1 is 1.33 bits per heavy atom. The molecular weight excluding hydrogens is 230 g/mol. The van der Waals surface area contributed by atoms with Crippen LogP contribution in [0.4, 0.5) is 0 Å². The summed E-state index contributed by atoms with van der Waals surface area (Å²) in [5.41, 5.74) is 1.15. The number of benzene rings is 1. The van der Waals surface area contributed by atoms with Gasteiger partial charge in [0, 0.05) is 12.8 Å². The number of hydrogen-bond donors (Lipinski definition) is 0. The summed E-state index contributed by atoms with van der Waals surface area (Å²) in [4.78, 5) is 11.5. The van der Waals surface area contributed by atoms with E-state index in [2.05, 4.69) is 13.8 Å². The first-order valence-corrected chi connectivity index (χ1v) is 6.45. The lowest BCUT2D eigenvalue weighted by Gasteiger charge is -2.04. The van der Waals surface area contributed by atoms with Gasteiger partial charge in [0.2, 0.25) is 0 Å². The summed E-state index contributed by atoms with van der Waals surface area (Å²) in [6, 6.07) is 9.97. The summed E-state index contributed by atoms with van der Waals surface area (Å²) in [6.45, 7) is 4.56. The van der Waals surface area contributed by atoms with Gasteiger partial charge in [0.15, 0.2) is 0 Å².